The number of alkyl halides is 3. The van der Waals surface area contributed by atoms with Gasteiger partial charge in [-0.1, -0.05) is 30.3 Å². The number of aliphatic imine (C=N–C) groups is 1. The van der Waals surface area contributed by atoms with Crippen molar-refractivity contribution in [1.29, 1.82) is 0 Å². The van der Waals surface area contributed by atoms with Crippen LogP contribution in [0.3, 0.4) is 0 Å². The summed E-state index contributed by atoms with van der Waals surface area (Å²) in [6.07, 6.45) is -2.52. The van der Waals surface area contributed by atoms with Gasteiger partial charge in [0.1, 0.15) is 0 Å². The molecule has 0 radical (unpaired) electrons. The maximum atomic E-state index is 12.8. The van der Waals surface area contributed by atoms with E-state index in [2.05, 4.69) is 15.6 Å². The van der Waals surface area contributed by atoms with Gasteiger partial charge < -0.3 is 15.5 Å². The fourth-order valence-corrected chi connectivity index (χ4v) is 3.31. The van der Waals surface area contributed by atoms with Crippen molar-refractivity contribution in [3.8, 4) is 0 Å². The van der Waals surface area contributed by atoms with Crippen LogP contribution in [0.2, 0.25) is 0 Å². The molecule has 0 saturated heterocycles. The number of para-hydroxylation sites is 1. The Morgan fingerprint density at radius 3 is 2.69 bits per heavy atom. The van der Waals surface area contributed by atoms with Gasteiger partial charge in [-0.25, -0.2) is 0 Å². The maximum Gasteiger partial charge on any atom is 0.416 e. The molecule has 1 aliphatic heterocycles. The van der Waals surface area contributed by atoms with Crippen molar-refractivity contribution in [2.24, 2.45) is 4.99 Å². The molecule has 154 valence electrons. The minimum Gasteiger partial charge on any atom is -0.352 e. The number of nitrogens with one attached hydrogen (secondary N) is 2. The molecule has 0 aliphatic carbocycles. The highest BCUT2D eigenvalue weighted by molar-refractivity contribution is 5.98. The van der Waals surface area contributed by atoms with Crippen molar-refractivity contribution in [2.75, 3.05) is 25.0 Å². The van der Waals surface area contributed by atoms with Gasteiger partial charge in [-0.3, -0.25) is 9.79 Å². The van der Waals surface area contributed by atoms with Crippen molar-refractivity contribution >= 4 is 17.6 Å². The van der Waals surface area contributed by atoms with Crippen LogP contribution in [-0.4, -0.2) is 32.0 Å². The zero-order valence-corrected chi connectivity index (χ0v) is 16.1. The monoisotopic (exact) mass is 404 g/mol. The van der Waals surface area contributed by atoms with Gasteiger partial charge >= 0.3 is 6.18 Å². The molecule has 0 bridgehead atoms. The molecule has 0 aromatic heterocycles. The number of benzene rings is 2. The van der Waals surface area contributed by atoms with E-state index in [4.69, 9.17) is 0 Å². The predicted octanol–water partition coefficient (Wildman–Crippen LogP) is 3.35. The fourth-order valence-electron chi connectivity index (χ4n) is 3.31. The molecule has 1 aliphatic rings. The Morgan fingerprint density at radius 2 is 1.93 bits per heavy atom. The van der Waals surface area contributed by atoms with Crippen LogP contribution in [0.4, 0.5) is 18.9 Å². The van der Waals surface area contributed by atoms with Crippen molar-refractivity contribution < 1.29 is 18.0 Å². The first-order chi connectivity index (χ1) is 13.9. The number of hydrogen-bond donors (Lipinski definition) is 2. The molecule has 0 unspecified atom stereocenters. The van der Waals surface area contributed by atoms with E-state index < -0.39 is 11.7 Å². The van der Waals surface area contributed by atoms with Gasteiger partial charge in [0, 0.05) is 25.8 Å². The first kappa shape index (κ1) is 20.7. The highest BCUT2D eigenvalue weighted by Gasteiger charge is 2.30. The van der Waals surface area contributed by atoms with E-state index in [1.54, 1.807) is 18.0 Å². The Hall–Kier alpha value is -3.03. The third-order valence-corrected chi connectivity index (χ3v) is 4.76. The van der Waals surface area contributed by atoms with Crippen LogP contribution in [0.25, 0.3) is 0 Å². The summed E-state index contributed by atoms with van der Waals surface area (Å²) in [6, 6.07) is 12.9. The Bertz CT molecular complexity index is 895. The highest BCUT2D eigenvalue weighted by Crippen LogP contribution is 2.29. The number of aryl methyl sites for hydroxylation is 1. The van der Waals surface area contributed by atoms with Gasteiger partial charge in [0.2, 0.25) is 5.91 Å². The SMILES string of the molecule is CN=C(NCC(=O)N1CCCc2ccccc21)NCc1cccc(C(F)(F)F)c1. The number of guanidine groups is 1. The number of anilines is 1. The van der Waals surface area contributed by atoms with E-state index in [1.807, 2.05) is 24.3 Å². The second-order valence-electron chi connectivity index (χ2n) is 6.76. The Balaban J connectivity index is 1.56. The molecule has 5 nitrogen and oxygen atoms in total. The Kier molecular flexibility index (Phi) is 6.41. The van der Waals surface area contributed by atoms with E-state index in [0.717, 1.165) is 36.2 Å². The topological polar surface area (TPSA) is 56.7 Å². The molecule has 0 atom stereocenters. The lowest BCUT2D eigenvalue weighted by atomic mass is 10.0. The fraction of sp³-hybridized carbons (Fsp3) is 0.333. The lowest BCUT2D eigenvalue weighted by Gasteiger charge is -2.29. The molecule has 0 spiro atoms. The summed E-state index contributed by atoms with van der Waals surface area (Å²) < 4.78 is 38.5. The molecular formula is C21H23F3N4O. The van der Waals surface area contributed by atoms with Crippen LogP contribution in [0.15, 0.2) is 53.5 Å². The molecule has 1 heterocycles. The van der Waals surface area contributed by atoms with Crippen LogP contribution in [0.5, 0.6) is 0 Å². The number of hydrogen-bond acceptors (Lipinski definition) is 2. The molecule has 0 fully saturated rings. The molecule has 1 amide bonds. The quantitative estimate of drug-likeness (QED) is 0.607. The third-order valence-electron chi connectivity index (χ3n) is 4.76. The van der Waals surface area contributed by atoms with E-state index in [0.29, 0.717) is 18.1 Å². The molecule has 2 N–H and O–H groups in total. The normalized spacial score (nSPS) is 14.3. The number of fused-ring (bicyclic) bond motifs is 1. The minimum absolute atomic E-state index is 0.0383. The first-order valence-corrected chi connectivity index (χ1v) is 9.37. The van der Waals surface area contributed by atoms with Crippen LogP contribution in [0.1, 0.15) is 23.1 Å². The Morgan fingerprint density at radius 1 is 1.14 bits per heavy atom. The highest BCUT2D eigenvalue weighted by atomic mass is 19.4. The summed E-state index contributed by atoms with van der Waals surface area (Å²) in [4.78, 5) is 18.5. The molecule has 2 aromatic rings. The third kappa shape index (κ3) is 5.28. The molecule has 3 rings (SSSR count). The lowest BCUT2D eigenvalue weighted by Crippen LogP contribution is -2.45. The Labute approximate surface area is 167 Å². The summed E-state index contributed by atoms with van der Waals surface area (Å²) in [7, 11) is 1.54. The molecule has 8 heteroatoms. The summed E-state index contributed by atoms with van der Waals surface area (Å²) in [5.41, 5.74) is 1.86. The first-order valence-electron chi connectivity index (χ1n) is 9.37. The van der Waals surface area contributed by atoms with E-state index in [1.165, 1.54) is 6.07 Å². The smallest absolute Gasteiger partial charge is 0.352 e. The predicted molar refractivity (Wildman–Crippen MR) is 107 cm³/mol. The van der Waals surface area contributed by atoms with Crippen LogP contribution in [0, 0.1) is 0 Å². The van der Waals surface area contributed by atoms with Crippen molar-refractivity contribution in [1.82, 2.24) is 10.6 Å². The van der Waals surface area contributed by atoms with E-state index in [-0.39, 0.29) is 19.0 Å². The summed E-state index contributed by atoms with van der Waals surface area (Å²) in [6.45, 7) is 0.856. The molecular weight excluding hydrogens is 381 g/mol. The number of rotatable bonds is 4. The maximum absolute atomic E-state index is 12.8. The number of nitrogens with zero attached hydrogens (tertiary/aromatic N) is 2. The van der Waals surface area contributed by atoms with Gasteiger partial charge in [-0.15, -0.1) is 0 Å². The average Bonchev–Trinajstić information content (AvgIpc) is 2.73. The second kappa shape index (κ2) is 8.98. The number of carbonyl (C=O) groups excluding carboxylic acids is 1. The number of carbonyl (C=O) groups is 1. The van der Waals surface area contributed by atoms with Gasteiger partial charge in [0.15, 0.2) is 5.96 Å². The van der Waals surface area contributed by atoms with E-state index >= 15 is 0 Å². The summed E-state index contributed by atoms with van der Waals surface area (Å²) >= 11 is 0. The van der Waals surface area contributed by atoms with Crippen LogP contribution >= 0.6 is 0 Å². The van der Waals surface area contributed by atoms with Crippen LogP contribution < -0.4 is 15.5 Å². The largest absolute Gasteiger partial charge is 0.416 e. The van der Waals surface area contributed by atoms with Crippen molar-refractivity contribution in [3.05, 3.63) is 65.2 Å². The van der Waals surface area contributed by atoms with Crippen molar-refractivity contribution in [2.45, 2.75) is 25.6 Å². The molecule has 0 saturated carbocycles. The van der Waals surface area contributed by atoms with Crippen molar-refractivity contribution in [3.63, 3.8) is 0 Å². The van der Waals surface area contributed by atoms with Gasteiger partial charge in [-0.05, 0) is 42.2 Å². The second-order valence-corrected chi connectivity index (χ2v) is 6.76. The van der Waals surface area contributed by atoms with Crippen LogP contribution in [-0.2, 0) is 23.9 Å². The average molecular weight is 404 g/mol. The zero-order valence-electron chi connectivity index (χ0n) is 16.1. The summed E-state index contributed by atoms with van der Waals surface area (Å²) in [5.74, 6) is 0.264. The molecule has 29 heavy (non-hydrogen) atoms. The van der Waals surface area contributed by atoms with E-state index in [9.17, 15) is 18.0 Å². The lowest BCUT2D eigenvalue weighted by molar-refractivity contribution is -0.137. The molecule has 2 aromatic carbocycles. The number of halogens is 3. The summed E-state index contributed by atoms with van der Waals surface area (Å²) in [5, 5.41) is 5.88. The van der Waals surface area contributed by atoms with Gasteiger partial charge in [0.05, 0.1) is 12.1 Å². The van der Waals surface area contributed by atoms with Gasteiger partial charge in [-0.2, -0.15) is 13.2 Å². The minimum atomic E-state index is -4.38. The standard InChI is InChI=1S/C21H23F3N4O/c1-25-20(26-13-15-6-4-9-17(12-15)21(22,23)24)27-14-19(29)28-11-5-8-16-7-2-3-10-18(16)28/h2-4,6-7,9-10,12H,5,8,11,13-14H2,1H3,(H2,25,26,27). The zero-order chi connectivity index (χ0) is 20.9. The van der Waals surface area contributed by atoms with Gasteiger partial charge in [0.25, 0.3) is 0 Å². The number of amides is 1.